The van der Waals surface area contributed by atoms with Crippen LogP contribution >= 0.6 is 0 Å². The van der Waals surface area contributed by atoms with E-state index in [1.54, 1.807) is 11.0 Å². The van der Waals surface area contributed by atoms with Gasteiger partial charge in [-0.25, -0.2) is 19.3 Å². The number of nitrogens with two attached hydrogens (primary N) is 1. The summed E-state index contributed by atoms with van der Waals surface area (Å²) in [5.74, 6) is 0.884. The number of hydrogen-bond acceptors (Lipinski definition) is 5. The van der Waals surface area contributed by atoms with Crippen LogP contribution in [0.1, 0.15) is 62.8 Å². The highest BCUT2D eigenvalue weighted by Crippen LogP contribution is 2.30. The standard InChI is InChI=1S/C14H21N7O/c1-10(20-9-16-8-17-20)14-18-13(7-12(15)22)19-21(14)11-5-3-2-4-6-11/h8-11H,2-7H2,1H3,(H2,15,22). The maximum absolute atomic E-state index is 11.2. The van der Waals surface area contributed by atoms with Gasteiger partial charge in [0, 0.05) is 0 Å². The van der Waals surface area contributed by atoms with Crippen LogP contribution in [-0.2, 0) is 11.2 Å². The van der Waals surface area contributed by atoms with Crippen molar-refractivity contribution in [2.24, 2.45) is 5.73 Å². The number of aromatic nitrogens is 6. The van der Waals surface area contributed by atoms with Gasteiger partial charge in [-0.3, -0.25) is 4.79 Å². The Morgan fingerprint density at radius 3 is 2.82 bits per heavy atom. The van der Waals surface area contributed by atoms with Crippen LogP contribution in [-0.4, -0.2) is 35.4 Å². The van der Waals surface area contributed by atoms with E-state index in [0.717, 1.165) is 18.7 Å². The Hall–Kier alpha value is -2.25. The second-order valence-corrected chi connectivity index (χ2v) is 5.82. The Bertz CT molecular complexity index is 628. The second-order valence-electron chi connectivity index (χ2n) is 5.82. The number of rotatable bonds is 5. The predicted molar refractivity (Wildman–Crippen MR) is 78.9 cm³/mol. The summed E-state index contributed by atoms with van der Waals surface area (Å²) < 4.78 is 3.72. The molecule has 118 valence electrons. The summed E-state index contributed by atoms with van der Waals surface area (Å²) in [5, 5.41) is 8.73. The summed E-state index contributed by atoms with van der Waals surface area (Å²) in [4.78, 5) is 19.7. The first-order chi connectivity index (χ1) is 10.6. The summed E-state index contributed by atoms with van der Waals surface area (Å²) in [7, 11) is 0. The summed E-state index contributed by atoms with van der Waals surface area (Å²) in [6, 6.07) is 0.252. The lowest BCUT2D eigenvalue weighted by Gasteiger charge is -2.24. The number of nitrogens with zero attached hydrogens (tertiary/aromatic N) is 6. The van der Waals surface area contributed by atoms with Gasteiger partial charge in [0.1, 0.15) is 18.7 Å². The molecule has 0 aromatic carbocycles. The number of primary amides is 1. The summed E-state index contributed by atoms with van der Waals surface area (Å²) in [5.41, 5.74) is 5.28. The van der Waals surface area contributed by atoms with Crippen LogP contribution in [0.3, 0.4) is 0 Å². The van der Waals surface area contributed by atoms with E-state index >= 15 is 0 Å². The molecule has 2 aromatic rings. The zero-order valence-electron chi connectivity index (χ0n) is 12.7. The fraction of sp³-hybridized carbons (Fsp3) is 0.643. The first kappa shape index (κ1) is 14.7. The lowest BCUT2D eigenvalue weighted by molar-refractivity contribution is -0.117. The van der Waals surface area contributed by atoms with Crippen molar-refractivity contribution in [1.82, 2.24) is 29.5 Å². The van der Waals surface area contributed by atoms with Crippen LogP contribution < -0.4 is 5.73 Å². The molecule has 1 saturated carbocycles. The SMILES string of the molecule is CC(c1nc(CC(N)=O)nn1C1CCCCC1)n1cncn1. The Kier molecular flexibility index (Phi) is 4.17. The molecule has 1 unspecified atom stereocenters. The van der Waals surface area contributed by atoms with E-state index in [4.69, 9.17) is 5.73 Å². The Morgan fingerprint density at radius 1 is 1.41 bits per heavy atom. The van der Waals surface area contributed by atoms with Crippen LogP contribution in [0, 0.1) is 0 Å². The van der Waals surface area contributed by atoms with E-state index in [2.05, 4.69) is 20.2 Å². The highest BCUT2D eigenvalue weighted by atomic mass is 16.1. The molecule has 0 saturated heterocycles. The van der Waals surface area contributed by atoms with Crippen molar-refractivity contribution >= 4 is 5.91 Å². The lowest BCUT2D eigenvalue weighted by atomic mass is 9.95. The van der Waals surface area contributed by atoms with E-state index in [9.17, 15) is 4.79 Å². The van der Waals surface area contributed by atoms with Crippen molar-refractivity contribution in [2.75, 3.05) is 0 Å². The molecule has 1 aliphatic rings. The molecule has 2 N–H and O–H groups in total. The van der Waals surface area contributed by atoms with Crippen LogP contribution in [0.5, 0.6) is 0 Å². The molecule has 1 atom stereocenters. The van der Waals surface area contributed by atoms with Gasteiger partial charge >= 0.3 is 0 Å². The van der Waals surface area contributed by atoms with Gasteiger partial charge in [-0.15, -0.1) is 0 Å². The molecule has 0 radical (unpaired) electrons. The minimum absolute atomic E-state index is 0.0663. The third kappa shape index (κ3) is 3.00. The predicted octanol–water partition coefficient (Wildman–Crippen LogP) is 1.01. The quantitative estimate of drug-likeness (QED) is 0.887. The minimum Gasteiger partial charge on any atom is -0.369 e. The second kappa shape index (κ2) is 6.25. The molecule has 2 aromatic heterocycles. The van der Waals surface area contributed by atoms with E-state index in [1.165, 1.54) is 25.6 Å². The van der Waals surface area contributed by atoms with Crippen LogP contribution in [0.4, 0.5) is 0 Å². The third-order valence-corrected chi connectivity index (χ3v) is 4.16. The zero-order chi connectivity index (χ0) is 15.5. The van der Waals surface area contributed by atoms with Crippen LogP contribution in [0.15, 0.2) is 12.7 Å². The van der Waals surface area contributed by atoms with Crippen molar-refractivity contribution in [3.63, 3.8) is 0 Å². The first-order valence-corrected chi connectivity index (χ1v) is 7.73. The largest absolute Gasteiger partial charge is 0.369 e. The molecule has 0 bridgehead atoms. The third-order valence-electron chi connectivity index (χ3n) is 4.16. The molecule has 0 aliphatic heterocycles. The molecule has 2 heterocycles. The fourth-order valence-electron chi connectivity index (χ4n) is 3.03. The molecule has 0 spiro atoms. The topological polar surface area (TPSA) is 105 Å². The first-order valence-electron chi connectivity index (χ1n) is 7.73. The number of amides is 1. The molecular weight excluding hydrogens is 282 g/mol. The van der Waals surface area contributed by atoms with Crippen molar-refractivity contribution in [1.29, 1.82) is 0 Å². The van der Waals surface area contributed by atoms with Crippen molar-refractivity contribution in [3.05, 3.63) is 24.3 Å². The fourth-order valence-corrected chi connectivity index (χ4v) is 3.03. The van der Waals surface area contributed by atoms with Crippen molar-refractivity contribution in [2.45, 2.75) is 57.5 Å². The van der Waals surface area contributed by atoms with E-state index in [-0.39, 0.29) is 12.5 Å². The molecule has 1 amide bonds. The summed E-state index contributed by atoms with van der Waals surface area (Å²) in [6.07, 6.45) is 9.09. The molecule has 1 aliphatic carbocycles. The highest BCUT2D eigenvalue weighted by Gasteiger charge is 2.25. The zero-order valence-corrected chi connectivity index (χ0v) is 12.7. The molecule has 1 fully saturated rings. The Morgan fingerprint density at radius 2 is 2.18 bits per heavy atom. The number of carbonyl (C=O) groups excluding carboxylic acids is 1. The highest BCUT2D eigenvalue weighted by molar-refractivity contribution is 5.75. The van der Waals surface area contributed by atoms with E-state index in [1.807, 2.05) is 11.6 Å². The average molecular weight is 303 g/mol. The smallest absolute Gasteiger partial charge is 0.225 e. The van der Waals surface area contributed by atoms with Crippen molar-refractivity contribution < 1.29 is 4.79 Å². The van der Waals surface area contributed by atoms with Gasteiger partial charge in [-0.2, -0.15) is 10.2 Å². The summed E-state index contributed by atoms with van der Waals surface area (Å²) >= 11 is 0. The van der Waals surface area contributed by atoms with Gasteiger partial charge < -0.3 is 5.73 Å². The van der Waals surface area contributed by atoms with Crippen LogP contribution in [0.2, 0.25) is 0 Å². The number of hydrogen-bond donors (Lipinski definition) is 1. The van der Waals surface area contributed by atoms with Gasteiger partial charge in [0.2, 0.25) is 5.91 Å². The normalized spacial score (nSPS) is 17.5. The molecule has 3 rings (SSSR count). The molecule has 22 heavy (non-hydrogen) atoms. The summed E-state index contributed by atoms with van der Waals surface area (Å²) in [6.45, 7) is 2.01. The Labute approximate surface area is 128 Å². The lowest BCUT2D eigenvalue weighted by Crippen LogP contribution is -2.21. The maximum atomic E-state index is 11.2. The molecule has 8 heteroatoms. The molecular formula is C14H21N7O. The monoisotopic (exact) mass is 303 g/mol. The Balaban J connectivity index is 1.94. The van der Waals surface area contributed by atoms with Crippen LogP contribution in [0.25, 0.3) is 0 Å². The van der Waals surface area contributed by atoms with E-state index < -0.39 is 5.91 Å². The van der Waals surface area contributed by atoms with Crippen molar-refractivity contribution in [3.8, 4) is 0 Å². The number of carbonyl (C=O) groups is 1. The molecule has 8 nitrogen and oxygen atoms in total. The van der Waals surface area contributed by atoms with Gasteiger partial charge in [0.25, 0.3) is 0 Å². The maximum Gasteiger partial charge on any atom is 0.225 e. The van der Waals surface area contributed by atoms with Gasteiger partial charge in [0.15, 0.2) is 11.6 Å². The van der Waals surface area contributed by atoms with Gasteiger partial charge in [0.05, 0.1) is 12.5 Å². The van der Waals surface area contributed by atoms with Gasteiger partial charge in [-0.05, 0) is 19.8 Å². The minimum atomic E-state index is -0.416. The van der Waals surface area contributed by atoms with E-state index in [0.29, 0.717) is 11.9 Å². The van der Waals surface area contributed by atoms with Gasteiger partial charge in [-0.1, -0.05) is 19.3 Å². The average Bonchev–Trinajstić information content (AvgIpc) is 3.16.